The first-order valence-corrected chi connectivity index (χ1v) is 7.41. The molecule has 2 aliphatic heterocycles. The van der Waals surface area contributed by atoms with Crippen LogP contribution in [0.25, 0.3) is 10.9 Å². The maximum Gasteiger partial charge on any atom is 0.416 e. The monoisotopic (exact) mass is 324 g/mol. The number of halogens is 3. The van der Waals surface area contributed by atoms with Gasteiger partial charge in [0.2, 0.25) is 0 Å². The Labute approximate surface area is 130 Å². The first kappa shape index (κ1) is 14.5. The van der Waals surface area contributed by atoms with Gasteiger partial charge in [-0.05, 0) is 31.7 Å². The number of aromatic amines is 1. The van der Waals surface area contributed by atoms with Crippen LogP contribution >= 0.6 is 0 Å². The van der Waals surface area contributed by atoms with E-state index in [9.17, 15) is 18.0 Å². The number of benzene rings is 1. The van der Waals surface area contributed by atoms with Gasteiger partial charge in [0, 0.05) is 30.6 Å². The third-order valence-corrected chi connectivity index (χ3v) is 4.87. The molecule has 1 aromatic heterocycles. The molecular formula is C15H15F3N4O. The number of nitrogens with one attached hydrogen (secondary N) is 1. The summed E-state index contributed by atoms with van der Waals surface area (Å²) in [7, 11) is 2.02. The van der Waals surface area contributed by atoms with Crippen molar-refractivity contribution in [1.82, 2.24) is 20.0 Å². The molecule has 0 radical (unpaired) electrons. The van der Waals surface area contributed by atoms with Crippen molar-refractivity contribution in [3.8, 4) is 0 Å². The average Bonchev–Trinajstić information content (AvgIpc) is 3.17. The number of alkyl halides is 3. The summed E-state index contributed by atoms with van der Waals surface area (Å²) in [6.07, 6.45) is -3.53. The molecule has 1 amide bonds. The van der Waals surface area contributed by atoms with E-state index in [1.807, 2.05) is 7.05 Å². The zero-order chi connectivity index (χ0) is 16.4. The lowest BCUT2D eigenvalue weighted by molar-refractivity contribution is -0.137. The summed E-state index contributed by atoms with van der Waals surface area (Å²) >= 11 is 0. The highest BCUT2D eigenvalue weighted by molar-refractivity contribution is 6.05. The number of amides is 1. The van der Waals surface area contributed by atoms with Gasteiger partial charge in [-0.15, -0.1) is 0 Å². The van der Waals surface area contributed by atoms with Crippen LogP contribution in [0.3, 0.4) is 0 Å². The van der Waals surface area contributed by atoms with Crippen molar-refractivity contribution in [1.29, 1.82) is 0 Å². The zero-order valence-electron chi connectivity index (χ0n) is 12.4. The maximum absolute atomic E-state index is 12.9. The van der Waals surface area contributed by atoms with Crippen molar-refractivity contribution in [2.45, 2.75) is 24.7 Å². The standard InChI is InChI=1S/C15H15F3N4O/c1-21-6-10-5-9(21)7-22(10)14(23)13-11-4-8(15(16,17)18)2-3-12(11)19-20-13/h2-4,9-10H,5-7H2,1H3,(H,19,20)/t9-,10-/m0/s1. The number of H-pyrrole nitrogens is 1. The molecule has 23 heavy (non-hydrogen) atoms. The number of nitrogens with zero attached hydrogens (tertiary/aromatic N) is 3. The fourth-order valence-electron chi connectivity index (χ4n) is 3.60. The van der Waals surface area contributed by atoms with Crippen molar-refractivity contribution in [2.75, 3.05) is 20.1 Å². The van der Waals surface area contributed by atoms with Gasteiger partial charge in [-0.1, -0.05) is 0 Å². The SMILES string of the molecule is CN1C[C@@H]2C[C@H]1CN2C(=O)c1n[nH]c2ccc(C(F)(F)F)cc12. The lowest BCUT2D eigenvalue weighted by Gasteiger charge is -2.31. The second-order valence-electron chi connectivity index (χ2n) is 6.27. The first-order chi connectivity index (χ1) is 10.8. The molecule has 5 nitrogen and oxygen atoms in total. The summed E-state index contributed by atoms with van der Waals surface area (Å²) in [6.45, 7) is 1.40. The molecule has 1 aromatic carbocycles. The van der Waals surface area contributed by atoms with Gasteiger partial charge in [-0.3, -0.25) is 14.8 Å². The van der Waals surface area contributed by atoms with Crippen LogP contribution in [0, 0.1) is 0 Å². The number of carbonyl (C=O) groups is 1. The Morgan fingerprint density at radius 3 is 2.70 bits per heavy atom. The Morgan fingerprint density at radius 1 is 1.30 bits per heavy atom. The molecule has 0 saturated carbocycles. The van der Waals surface area contributed by atoms with E-state index in [2.05, 4.69) is 15.1 Å². The molecule has 2 bridgehead atoms. The van der Waals surface area contributed by atoms with Crippen LogP contribution in [0.4, 0.5) is 13.2 Å². The van der Waals surface area contributed by atoms with Gasteiger partial charge in [-0.25, -0.2) is 0 Å². The molecular weight excluding hydrogens is 309 g/mol. The Kier molecular flexibility index (Phi) is 2.96. The molecule has 0 aliphatic carbocycles. The van der Waals surface area contributed by atoms with E-state index < -0.39 is 11.7 Å². The molecule has 2 fully saturated rings. The first-order valence-electron chi connectivity index (χ1n) is 7.41. The van der Waals surface area contributed by atoms with Gasteiger partial charge in [0.05, 0.1) is 11.1 Å². The smallest absolute Gasteiger partial charge is 0.331 e. The fourth-order valence-corrected chi connectivity index (χ4v) is 3.60. The Balaban J connectivity index is 1.70. The minimum atomic E-state index is -4.44. The number of carbonyl (C=O) groups excluding carboxylic acids is 1. The van der Waals surface area contributed by atoms with Gasteiger partial charge in [0.25, 0.3) is 5.91 Å². The minimum absolute atomic E-state index is 0.0707. The van der Waals surface area contributed by atoms with Gasteiger partial charge >= 0.3 is 6.18 Å². The van der Waals surface area contributed by atoms with Gasteiger partial charge < -0.3 is 4.90 Å². The Bertz CT molecular complexity index is 783. The van der Waals surface area contributed by atoms with Crippen LogP contribution in [0.5, 0.6) is 0 Å². The van der Waals surface area contributed by atoms with Crippen molar-refractivity contribution >= 4 is 16.8 Å². The molecule has 4 rings (SSSR count). The van der Waals surface area contributed by atoms with E-state index in [-0.39, 0.29) is 23.0 Å². The lowest BCUT2D eigenvalue weighted by atomic mass is 10.1. The quantitative estimate of drug-likeness (QED) is 0.874. The van der Waals surface area contributed by atoms with Crippen molar-refractivity contribution < 1.29 is 18.0 Å². The largest absolute Gasteiger partial charge is 0.416 e. The van der Waals surface area contributed by atoms with Crippen molar-refractivity contribution in [3.63, 3.8) is 0 Å². The highest BCUT2D eigenvalue weighted by Gasteiger charge is 2.44. The molecule has 1 N–H and O–H groups in total. The Hall–Kier alpha value is -2.09. The van der Waals surface area contributed by atoms with Crippen molar-refractivity contribution in [3.05, 3.63) is 29.5 Å². The number of rotatable bonds is 1. The molecule has 0 unspecified atom stereocenters. The van der Waals surface area contributed by atoms with Gasteiger partial charge in [-0.2, -0.15) is 18.3 Å². The second kappa shape index (κ2) is 4.70. The molecule has 2 saturated heterocycles. The van der Waals surface area contributed by atoms with Crippen LogP contribution in [0.15, 0.2) is 18.2 Å². The van der Waals surface area contributed by atoms with E-state index in [4.69, 9.17) is 0 Å². The van der Waals surface area contributed by atoms with Crippen LogP contribution in [-0.4, -0.2) is 58.1 Å². The number of likely N-dealkylation sites (tertiary alicyclic amines) is 2. The summed E-state index contributed by atoms with van der Waals surface area (Å²) in [5.74, 6) is -0.295. The highest BCUT2D eigenvalue weighted by Crippen LogP contribution is 2.34. The maximum atomic E-state index is 12.9. The molecule has 8 heteroatoms. The van der Waals surface area contributed by atoms with Crippen LogP contribution in [-0.2, 0) is 6.18 Å². The van der Waals surface area contributed by atoms with E-state index in [0.29, 0.717) is 18.1 Å². The number of fused-ring (bicyclic) bond motifs is 3. The molecule has 2 atom stereocenters. The second-order valence-corrected chi connectivity index (χ2v) is 6.27. The number of hydrogen-bond acceptors (Lipinski definition) is 3. The summed E-state index contributed by atoms with van der Waals surface area (Å²) in [6, 6.07) is 3.75. The van der Waals surface area contributed by atoms with Crippen LogP contribution in [0.2, 0.25) is 0 Å². The van der Waals surface area contributed by atoms with Crippen LogP contribution < -0.4 is 0 Å². The van der Waals surface area contributed by atoms with E-state index >= 15 is 0 Å². The zero-order valence-corrected chi connectivity index (χ0v) is 12.4. The molecule has 2 aliphatic rings. The Morgan fingerprint density at radius 2 is 2.09 bits per heavy atom. The number of hydrogen-bond donors (Lipinski definition) is 1. The molecule has 122 valence electrons. The van der Waals surface area contributed by atoms with Gasteiger partial charge in [0.1, 0.15) is 0 Å². The lowest BCUT2D eigenvalue weighted by Crippen LogP contribution is -2.47. The van der Waals surface area contributed by atoms with E-state index in [0.717, 1.165) is 25.1 Å². The van der Waals surface area contributed by atoms with E-state index in [1.165, 1.54) is 6.07 Å². The number of piperazine rings is 1. The van der Waals surface area contributed by atoms with Crippen molar-refractivity contribution in [2.24, 2.45) is 0 Å². The molecule has 3 heterocycles. The predicted octanol–water partition coefficient (Wildman–Crippen LogP) is 2.11. The third kappa shape index (κ3) is 2.20. The number of likely N-dealkylation sites (N-methyl/N-ethyl adjacent to an activating group) is 1. The van der Waals surface area contributed by atoms with E-state index in [1.54, 1.807) is 4.90 Å². The fraction of sp³-hybridized carbons (Fsp3) is 0.467. The molecule has 0 spiro atoms. The number of aromatic nitrogens is 2. The minimum Gasteiger partial charge on any atom is -0.331 e. The van der Waals surface area contributed by atoms with Gasteiger partial charge in [0.15, 0.2) is 5.69 Å². The van der Waals surface area contributed by atoms with Crippen LogP contribution in [0.1, 0.15) is 22.5 Å². The summed E-state index contributed by atoms with van der Waals surface area (Å²) < 4.78 is 38.7. The average molecular weight is 324 g/mol. The highest BCUT2D eigenvalue weighted by atomic mass is 19.4. The normalized spacial score (nSPS) is 24.8. The third-order valence-electron chi connectivity index (χ3n) is 4.87. The summed E-state index contributed by atoms with van der Waals surface area (Å²) in [5.41, 5.74) is -0.271. The topological polar surface area (TPSA) is 52.2 Å². The summed E-state index contributed by atoms with van der Waals surface area (Å²) in [4.78, 5) is 16.7. The predicted molar refractivity (Wildman–Crippen MR) is 77.0 cm³/mol. The molecule has 2 aromatic rings. The summed E-state index contributed by atoms with van der Waals surface area (Å²) in [5, 5.41) is 6.84.